The molecule has 0 aromatic heterocycles. The van der Waals surface area contributed by atoms with Crippen LogP contribution in [0.4, 0.5) is 4.39 Å². The number of hydrogen-bond acceptors (Lipinski definition) is 3. The monoisotopic (exact) mass is 253 g/mol. The molecule has 0 bridgehead atoms. The molecule has 1 aliphatic heterocycles. The fourth-order valence-corrected chi connectivity index (χ4v) is 2.65. The SMILES string of the molecule is CSC1=NC(=O)/C(=C/c2cccc(F)c2)S1. The molecule has 0 saturated heterocycles. The molecule has 2 nitrogen and oxygen atoms in total. The van der Waals surface area contributed by atoms with Crippen LogP contribution < -0.4 is 0 Å². The predicted octanol–water partition coefficient (Wildman–Crippen LogP) is 3.16. The summed E-state index contributed by atoms with van der Waals surface area (Å²) >= 11 is 2.75. The number of thioether (sulfide) groups is 2. The first-order valence-electron chi connectivity index (χ1n) is 4.51. The number of benzene rings is 1. The third kappa shape index (κ3) is 2.54. The van der Waals surface area contributed by atoms with E-state index in [0.717, 1.165) is 4.38 Å². The lowest BCUT2D eigenvalue weighted by molar-refractivity contribution is -0.113. The van der Waals surface area contributed by atoms with Gasteiger partial charge < -0.3 is 0 Å². The fourth-order valence-electron chi connectivity index (χ4n) is 1.22. The predicted molar refractivity (Wildman–Crippen MR) is 67.9 cm³/mol. The van der Waals surface area contributed by atoms with Gasteiger partial charge in [0.15, 0.2) is 0 Å². The first-order chi connectivity index (χ1) is 7.69. The molecule has 0 radical (unpaired) electrons. The van der Waals surface area contributed by atoms with Gasteiger partial charge in [-0.1, -0.05) is 23.9 Å². The second kappa shape index (κ2) is 4.84. The summed E-state index contributed by atoms with van der Waals surface area (Å²) in [6.45, 7) is 0. The Kier molecular flexibility index (Phi) is 3.46. The summed E-state index contributed by atoms with van der Waals surface area (Å²) in [5, 5.41) is 0. The number of carbonyl (C=O) groups is 1. The van der Waals surface area contributed by atoms with E-state index in [9.17, 15) is 9.18 Å². The molecule has 0 unspecified atom stereocenters. The van der Waals surface area contributed by atoms with Crippen LogP contribution in [0.2, 0.25) is 0 Å². The minimum absolute atomic E-state index is 0.251. The molecule has 0 N–H and O–H groups in total. The van der Waals surface area contributed by atoms with Gasteiger partial charge in [0.25, 0.3) is 5.91 Å². The molecule has 1 aromatic carbocycles. The number of halogens is 1. The van der Waals surface area contributed by atoms with E-state index < -0.39 is 0 Å². The van der Waals surface area contributed by atoms with Gasteiger partial charge >= 0.3 is 0 Å². The minimum atomic E-state index is -0.309. The molecule has 1 aromatic rings. The van der Waals surface area contributed by atoms with Gasteiger partial charge in [0.2, 0.25) is 0 Å². The Hall–Kier alpha value is -1.07. The standard InChI is InChI=1S/C11H8FNOS2/c1-15-11-13-10(14)9(16-11)6-7-3-2-4-8(12)5-7/h2-6H,1H3/b9-6-. The van der Waals surface area contributed by atoms with Gasteiger partial charge in [-0.2, -0.15) is 4.99 Å². The second-order valence-corrected chi connectivity index (χ2v) is 5.14. The van der Waals surface area contributed by atoms with E-state index in [1.165, 1.54) is 35.7 Å². The van der Waals surface area contributed by atoms with Crippen molar-refractivity contribution < 1.29 is 9.18 Å². The smallest absolute Gasteiger partial charge is 0.266 e. The van der Waals surface area contributed by atoms with Crippen molar-refractivity contribution in [3.05, 3.63) is 40.6 Å². The molecule has 5 heteroatoms. The second-order valence-electron chi connectivity index (χ2n) is 3.05. The maximum Gasteiger partial charge on any atom is 0.285 e. The van der Waals surface area contributed by atoms with Crippen molar-refractivity contribution >= 4 is 39.9 Å². The van der Waals surface area contributed by atoms with E-state index in [-0.39, 0.29) is 11.7 Å². The average Bonchev–Trinajstić information content (AvgIpc) is 2.60. The Labute approximate surface area is 101 Å². The summed E-state index contributed by atoms with van der Waals surface area (Å²) in [5.41, 5.74) is 0.674. The van der Waals surface area contributed by atoms with Gasteiger partial charge in [0.1, 0.15) is 10.2 Å². The van der Waals surface area contributed by atoms with Crippen LogP contribution in [0.3, 0.4) is 0 Å². The molecule has 0 aliphatic carbocycles. The first kappa shape index (κ1) is 11.4. The van der Waals surface area contributed by atoms with Crippen molar-refractivity contribution in [2.45, 2.75) is 0 Å². The van der Waals surface area contributed by atoms with Crippen LogP contribution in [0.15, 0.2) is 34.2 Å². The highest BCUT2D eigenvalue weighted by atomic mass is 32.2. The van der Waals surface area contributed by atoms with E-state index in [1.54, 1.807) is 18.2 Å². The number of carbonyl (C=O) groups excluding carboxylic acids is 1. The summed E-state index contributed by atoms with van der Waals surface area (Å²) in [7, 11) is 0. The third-order valence-electron chi connectivity index (χ3n) is 1.92. The fraction of sp³-hybridized carbons (Fsp3) is 0.0909. The number of rotatable bonds is 1. The van der Waals surface area contributed by atoms with Gasteiger partial charge in [-0.3, -0.25) is 4.79 Å². The zero-order chi connectivity index (χ0) is 11.5. The van der Waals surface area contributed by atoms with Crippen LogP contribution in [0.1, 0.15) is 5.56 Å². The average molecular weight is 253 g/mol. The van der Waals surface area contributed by atoms with Crippen molar-refractivity contribution in [3.63, 3.8) is 0 Å². The van der Waals surface area contributed by atoms with Crippen LogP contribution in [-0.4, -0.2) is 16.5 Å². The lowest BCUT2D eigenvalue weighted by atomic mass is 10.2. The van der Waals surface area contributed by atoms with Gasteiger partial charge in [0, 0.05) is 0 Å². The molecule has 0 saturated carbocycles. The van der Waals surface area contributed by atoms with Crippen molar-refractivity contribution in [3.8, 4) is 0 Å². The summed E-state index contributed by atoms with van der Waals surface area (Å²) in [5.74, 6) is -0.561. The Morgan fingerprint density at radius 3 is 2.94 bits per heavy atom. The molecule has 0 spiro atoms. The molecule has 1 aliphatic rings. The topological polar surface area (TPSA) is 29.4 Å². The molecule has 0 fully saturated rings. The zero-order valence-electron chi connectivity index (χ0n) is 8.44. The highest BCUT2D eigenvalue weighted by molar-refractivity contribution is 8.40. The van der Waals surface area contributed by atoms with Crippen molar-refractivity contribution in [1.29, 1.82) is 0 Å². The van der Waals surface area contributed by atoms with Crippen LogP contribution in [0.5, 0.6) is 0 Å². The summed E-state index contributed by atoms with van der Waals surface area (Å²) in [4.78, 5) is 15.8. The molecule has 1 amide bonds. The Bertz CT molecular complexity index is 497. The lowest BCUT2D eigenvalue weighted by Crippen LogP contribution is -1.88. The highest BCUT2D eigenvalue weighted by Crippen LogP contribution is 2.32. The largest absolute Gasteiger partial charge is 0.285 e. The number of amides is 1. The van der Waals surface area contributed by atoms with E-state index in [1.807, 2.05) is 6.26 Å². The molecule has 82 valence electrons. The quantitative estimate of drug-likeness (QED) is 0.720. The Morgan fingerprint density at radius 1 is 1.50 bits per heavy atom. The summed E-state index contributed by atoms with van der Waals surface area (Å²) < 4.78 is 13.7. The third-order valence-corrected chi connectivity index (χ3v) is 3.89. The normalized spacial score (nSPS) is 18.0. The van der Waals surface area contributed by atoms with Crippen LogP contribution in [-0.2, 0) is 4.79 Å². The summed E-state index contributed by atoms with van der Waals surface area (Å²) in [6, 6.07) is 6.12. The van der Waals surface area contributed by atoms with E-state index >= 15 is 0 Å². The Morgan fingerprint density at radius 2 is 2.31 bits per heavy atom. The van der Waals surface area contributed by atoms with Gasteiger partial charge in [-0.15, -0.1) is 11.8 Å². The maximum atomic E-state index is 12.9. The molecule has 1 heterocycles. The number of aliphatic imine (C=N–C) groups is 1. The van der Waals surface area contributed by atoms with Crippen LogP contribution in [0.25, 0.3) is 6.08 Å². The number of hydrogen-bond donors (Lipinski definition) is 0. The lowest BCUT2D eigenvalue weighted by Gasteiger charge is -1.96. The number of nitrogens with zero attached hydrogens (tertiary/aromatic N) is 1. The highest BCUT2D eigenvalue weighted by Gasteiger charge is 2.20. The first-order valence-corrected chi connectivity index (χ1v) is 6.55. The molecular weight excluding hydrogens is 245 g/mol. The van der Waals surface area contributed by atoms with E-state index in [4.69, 9.17) is 0 Å². The van der Waals surface area contributed by atoms with Crippen molar-refractivity contribution in [2.75, 3.05) is 6.26 Å². The summed E-state index contributed by atoms with van der Waals surface area (Å²) in [6.07, 6.45) is 3.52. The van der Waals surface area contributed by atoms with Crippen molar-refractivity contribution in [1.82, 2.24) is 0 Å². The van der Waals surface area contributed by atoms with Gasteiger partial charge in [-0.05, 0) is 30.0 Å². The van der Waals surface area contributed by atoms with Crippen LogP contribution in [0, 0.1) is 5.82 Å². The minimum Gasteiger partial charge on any atom is -0.266 e. The van der Waals surface area contributed by atoms with E-state index in [0.29, 0.717) is 10.5 Å². The maximum absolute atomic E-state index is 12.9. The molecular formula is C11H8FNOS2. The van der Waals surface area contributed by atoms with Crippen molar-refractivity contribution in [2.24, 2.45) is 4.99 Å². The van der Waals surface area contributed by atoms with Gasteiger partial charge in [-0.25, -0.2) is 4.39 Å². The zero-order valence-corrected chi connectivity index (χ0v) is 10.1. The van der Waals surface area contributed by atoms with E-state index in [2.05, 4.69) is 4.99 Å². The van der Waals surface area contributed by atoms with Gasteiger partial charge in [0.05, 0.1) is 4.91 Å². The molecule has 0 atom stereocenters. The Balaban J connectivity index is 2.24. The van der Waals surface area contributed by atoms with Crippen LogP contribution >= 0.6 is 23.5 Å². The molecule has 2 rings (SSSR count). The molecule has 16 heavy (non-hydrogen) atoms.